The molecule has 0 unspecified atom stereocenters. The van der Waals surface area contributed by atoms with Gasteiger partial charge in [0.2, 0.25) is 0 Å². The van der Waals surface area contributed by atoms with Crippen LogP contribution < -0.4 is 0 Å². The van der Waals surface area contributed by atoms with Gasteiger partial charge in [0.1, 0.15) is 0 Å². The molecule has 0 spiro atoms. The molecule has 0 aliphatic carbocycles. The number of hydrogen-bond acceptors (Lipinski definition) is 4. The van der Waals surface area contributed by atoms with Crippen LogP contribution in [-0.2, 0) is 11.3 Å². The number of hydrogen-bond donors (Lipinski definition) is 1. The largest absolute Gasteiger partial charge is 0.480 e. The number of nitro groups is 1. The van der Waals surface area contributed by atoms with Gasteiger partial charge in [0, 0.05) is 28.7 Å². The maximum atomic E-state index is 11.0. The molecule has 0 saturated heterocycles. The average molecular weight is 301 g/mol. The van der Waals surface area contributed by atoms with Gasteiger partial charge in [0.25, 0.3) is 5.69 Å². The van der Waals surface area contributed by atoms with Crippen molar-refractivity contribution >= 4 is 23.3 Å². The summed E-state index contributed by atoms with van der Waals surface area (Å²) in [6.07, 6.45) is 0. The van der Waals surface area contributed by atoms with Gasteiger partial charge in [-0.15, -0.1) is 0 Å². The van der Waals surface area contributed by atoms with E-state index >= 15 is 0 Å². The summed E-state index contributed by atoms with van der Waals surface area (Å²) in [6, 6.07) is 4.28. The molecule has 1 aromatic carbocycles. The van der Waals surface area contributed by atoms with Crippen LogP contribution in [0.15, 0.2) is 18.2 Å². The molecule has 0 aromatic heterocycles. The number of halogens is 1. The van der Waals surface area contributed by atoms with Crippen molar-refractivity contribution in [1.29, 1.82) is 0 Å². The Morgan fingerprint density at radius 1 is 1.45 bits per heavy atom. The third-order valence-electron chi connectivity index (χ3n) is 2.87. The molecule has 1 aromatic rings. The highest BCUT2D eigenvalue weighted by Gasteiger charge is 2.26. The molecule has 0 aliphatic heterocycles. The van der Waals surface area contributed by atoms with Crippen molar-refractivity contribution in [3.63, 3.8) is 0 Å². The third-order valence-corrected chi connectivity index (χ3v) is 3.11. The highest BCUT2D eigenvalue weighted by molar-refractivity contribution is 6.30. The van der Waals surface area contributed by atoms with Crippen LogP contribution >= 0.6 is 11.6 Å². The normalized spacial score (nSPS) is 11.7. The topological polar surface area (TPSA) is 83.7 Å². The molecule has 7 heteroatoms. The summed E-state index contributed by atoms with van der Waals surface area (Å²) in [6.45, 7) is 5.50. The average Bonchev–Trinajstić information content (AvgIpc) is 2.25. The molecule has 1 rings (SSSR count). The summed E-state index contributed by atoms with van der Waals surface area (Å²) in [5.74, 6) is -0.982. The summed E-state index contributed by atoms with van der Waals surface area (Å²) in [5, 5.41) is 20.4. The molecule has 1 N–H and O–H groups in total. The van der Waals surface area contributed by atoms with Crippen molar-refractivity contribution in [3.8, 4) is 0 Å². The quantitative estimate of drug-likeness (QED) is 0.667. The van der Waals surface area contributed by atoms with Crippen LogP contribution in [0, 0.1) is 10.1 Å². The third kappa shape index (κ3) is 4.47. The van der Waals surface area contributed by atoms with Crippen LogP contribution in [0.5, 0.6) is 0 Å². The lowest BCUT2D eigenvalue weighted by Gasteiger charge is -2.34. The summed E-state index contributed by atoms with van der Waals surface area (Å²) < 4.78 is 0. The molecule has 20 heavy (non-hydrogen) atoms. The van der Waals surface area contributed by atoms with E-state index in [0.717, 1.165) is 0 Å². The van der Waals surface area contributed by atoms with E-state index in [1.54, 1.807) is 4.90 Å². The zero-order chi connectivity index (χ0) is 15.5. The van der Waals surface area contributed by atoms with Crippen LogP contribution in [-0.4, -0.2) is 33.0 Å². The number of nitro benzene ring substituents is 1. The number of nitrogens with zero attached hydrogens (tertiary/aromatic N) is 2. The molecule has 0 radical (unpaired) electrons. The number of benzene rings is 1. The Hall–Kier alpha value is -1.66. The Kier molecular flexibility index (Phi) is 5.08. The SMILES string of the molecule is CC(C)(C)N(CC(=O)O)Cc1cc(Cl)ccc1[N+](=O)[O-]. The molecule has 0 fully saturated rings. The van der Waals surface area contributed by atoms with E-state index < -0.39 is 16.4 Å². The van der Waals surface area contributed by atoms with Gasteiger partial charge in [-0.1, -0.05) is 11.6 Å². The number of carboxylic acid groups (broad SMARTS) is 1. The maximum Gasteiger partial charge on any atom is 0.317 e. The van der Waals surface area contributed by atoms with Crippen LogP contribution in [0.25, 0.3) is 0 Å². The smallest absolute Gasteiger partial charge is 0.317 e. The molecule has 0 saturated carbocycles. The molecule has 0 aliphatic rings. The van der Waals surface area contributed by atoms with Crippen LogP contribution in [0.1, 0.15) is 26.3 Å². The Balaban J connectivity index is 3.13. The van der Waals surface area contributed by atoms with Gasteiger partial charge >= 0.3 is 5.97 Å². The first-order valence-corrected chi connectivity index (χ1v) is 6.38. The zero-order valence-corrected chi connectivity index (χ0v) is 12.3. The van der Waals surface area contributed by atoms with Crippen molar-refractivity contribution in [1.82, 2.24) is 4.90 Å². The van der Waals surface area contributed by atoms with Gasteiger partial charge in [0.15, 0.2) is 0 Å². The molecule has 0 bridgehead atoms. The van der Waals surface area contributed by atoms with Crippen molar-refractivity contribution in [2.45, 2.75) is 32.9 Å². The van der Waals surface area contributed by atoms with E-state index in [1.807, 2.05) is 20.8 Å². The standard InChI is InChI=1S/C13H17ClN2O4/c1-13(2,3)15(8-12(17)18)7-9-6-10(14)4-5-11(9)16(19)20/h4-6H,7-8H2,1-3H3,(H,17,18). The molecule has 0 heterocycles. The summed E-state index contributed by atoms with van der Waals surface area (Å²) in [5.41, 5.74) is -0.0955. The lowest BCUT2D eigenvalue weighted by molar-refractivity contribution is -0.385. The number of rotatable bonds is 5. The van der Waals surface area contributed by atoms with E-state index in [2.05, 4.69) is 0 Å². The van der Waals surface area contributed by atoms with Gasteiger partial charge < -0.3 is 5.11 Å². The number of aliphatic carboxylic acids is 1. The fourth-order valence-electron chi connectivity index (χ4n) is 1.76. The van der Waals surface area contributed by atoms with Crippen LogP contribution in [0.3, 0.4) is 0 Å². The first-order valence-electron chi connectivity index (χ1n) is 6.01. The predicted octanol–water partition coefficient (Wildman–Crippen LogP) is 2.93. The monoisotopic (exact) mass is 300 g/mol. The highest BCUT2D eigenvalue weighted by atomic mass is 35.5. The number of carboxylic acids is 1. The van der Waals surface area contributed by atoms with Crippen LogP contribution in [0.2, 0.25) is 5.02 Å². The second-order valence-corrected chi connectivity index (χ2v) is 5.89. The second-order valence-electron chi connectivity index (χ2n) is 5.45. The van der Waals surface area contributed by atoms with Gasteiger partial charge in [-0.2, -0.15) is 0 Å². The molecule has 110 valence electrons. The summed E-state index contributed by atoms with van der Waals surface area (Å²) in [4.78, 5) is 23.1. The van der Waals surface area contributed by atoms with E-state index in [-0.39, 0.29) is 18.8 Å². The summed E-state index contributed by atoms with van der Waals surface area (Å²) in [7, 11) is 0. The minimum atomic E-state index is -0.982. The summed E-state index contributed by atoms with van der Waals surface area (Å²) >= 11 is 5.87. The maximum absolute atomic E-state index is 11.0. The van der Waals surface area contributed by atoms with Gasteiger partial charge in [-0.05, 0) is 32.9 Å². The van der Waals surface area contributed by atoms with Crippen molar-refractivity contribution in [2.75, 3.05) is 6.54 Å². The van der Waals surface area contributed by atoms with E-state index in [9.17, 15) is 14.9 Å². The van der Waals surface area contributed by atoms with Crippen molar-refractivity contribution < 1.29 is 14.8 Å². The van der Waals surface area contributed by atoms with Gasteiger partial charge in [-0.25, -0.2) is 0 Å². The molecule has 0 amide bonds. The minimum absolute atomic E-state index is 0.0611. The minimum Gasteiger partial charge on any atom is -0.480 e. The molecular weight excluding hydrogens is 284 g/mol. The molecular formula is C13H17ClN2O4. The molecule has 0 atom stereocenters. The zero-order valence-electron chi connectivity index (χ0n) is 11.6. The predicted molar refractivity (Wildman–Crippen MR) is 75.9 cm³/mol. The van der Waals surface area contributed by atoms with E-state index in [1.165, 1.54) is 18.2 Å². The lowest BCUT2D eigenvalue weighted by Crippen LogP contribution is -2.43. The van der Waals surface area contributed by atoms with E-state index in [4.69, 9.17) is 16.7 Å². The van der Waals surface area contributed by atoms with Gasteiger partial charge in [0.05, 0.1) is 11.5 Å². The Labute approximate surface area is 122 Å². The number of carbonyl (C=O) groups is 1. The van der Waals surface area contributed by atoms with Crippen LogP contribution in [0.4, 0.5) is 5.69 Å². The first-order chi connectivity index (χ1) is 9.11. The highest BCUT2D eigenvalue weighted by Crippen LogP contribution is 2.26. The van der Waals surface area contributed by atoms with Crippen molar-refractivity contribution in [3.05, 3.63) is 38.9 Å². The fourth-order valence-corrected chi connectivity index (χ4v) is 1.95. The van der Waals surface area contributed by atoms with Gasteiger partial charge in [-0.3, -0.25) is 19.8 Å². The molecule has 6 nitrogen and oxygen atoms in total. The van der Waals surface area contributed by atoms with Crippen molar-refractivity contribution in [2.24, 2.45) is 0 Å². The Morgan fingerprint density at radius 3 is 2.50 bits per heavy atom. The Morgan fingerprint density at radius 2 is 2.05 bits per heavy atom. The first kappa shape index (κ1) is 16.4. The van der Waals surface area contributed by atoms with E-state index in [0.29, 0.717) is 10.6 Å². The lowest BCUT2D eigenvalue weighted by atomic mass is 10.0. The Bertz CT molecular complexity index is 526. The fraction of sp³-hybridized carbons (Fsp3) is 0.462. The second kappa shape index (κ2) is 6.19.